The van der Waals surface area contributed by atoms with E-state index in [9.17, 15) is 18.0 Å². The van der Waals surface area contributed by atoms with Crippen LogP contribution in [-0.4, -0.2) is 24.7 Å². The molecular formula is C27H26ClF3N2O. The van der Waals surface area contributed by atoms with E-state index in [-0.39, 0.29) is 12.2 Å². The minimum Gasteiger partial charge on any atom is -0.310 e. The highest BCUT2D eigenvalue weighted by Crippen LogP contribution is 2.28. The normalized spacial score (nSPS) is 13.6. The number of carbonyl (C=O) groups excluding carboxylic acids is 1. The summed E-state index contributed by atoms with van der Waals surface area (Å²) in [4.78, 5) is 13.0. The summed E-state index contributed by atoms with van der Waals surface area (Å²) >= 11 is 5.92. The molecule has 178 valence electrons. The summed E-state index contributed by atoms with van der Waals surface area (Å²) in [6.45, 7) is 0.800. The number of nitrogens with one attached hydrogen (secondary N) is 1. The minimum absolute atomic E-state index is 0.0242. The highest BCUT2D eigenvalue weighted by Gasteiger charge is 2.42. The molecule has 3 nitrogen and oxygen atoms in total. The molecule has 1 N–H and O–H groups in total. The lowest BCUT2D eigenvalue weighted by Crippen LogP contribution is -2.42. The maximum Gasteiger partial charge on any atom is 0.471 e. The Morgan fingerprint density at radius 1 is 0.882 bits per heavy atom. The van der Waals surface area contributed by atoms with Crippen molar-refractivity contribution in [3.05, 3.63) is 88.9 Å². The summed E-state index contributed by atoms with van der Waals surface area (Å²) in [5.74, 6) is -1.85. The molecule has 0 heterocycles. The Kier molecular flexibility index (Phi) is 7.59. The van der Waals surface area contributed by atoms with Crippen LogP contribution in [0.25, 0.3) is 11.1 Å². The van der Waals surface area contributed by atoms with E-state index >= 15 is 0 Å². The maximum atomic E-state index is 13.3. The lowest BCUT2D eigenvalue weighted by Gasteiger charge is -2.24. The van der Waals surface area contributed by atoms with Crippen molar-refractivity contribution in [1.82, 2.24) is 5.32 Å². The third-order valence-electron chi connectivity index (χ3n) is 5.89. The fourth-order valence-corrected chi connectivity index (χ4v) is 3.92. The summed E-state index contributed by atoms with van der Waals surface area (Å²) in [5, 5.41) is 4.06. The fraction of sp³-hybridized carbons (Fsp3) is 0.296. The number of aryl methyl sites for hydroxylation is 1. The second-order valence-electron chi connectivity index (χ2n) is 8.58. The Labute approximate surface area is 202 Å². The number of halogens is 4. The molecule has 1 aliphatic rings. The largest absolute Gasteiger partial charge is 0.471 e. The van der Waals surface area contributed by atoms with Crippen molar-refractivity contribution in [2.24, 2.45) is 0 Å². The third-order valence-corrected chi connectivity index (χ3v) is 6.14. The lowest BCUT2D eigenvalue weighted by atomic mass is 10.0. The molecule has 3 aromatic carbocycles. The Hall–Kier alpha value is -2.83. The Bertz CT molecular complexity index is 1090. The molecule has 0 atom stereocenters. The number of anilines is 1. The number of alkyl halides is 3. The average Bonchev–Trinajstić information content (AvgIpc) is 3.66. The van der Waals surface area contributed by atoms with Crippen LogP contribution >= 0.6 is 11.6 Å². The zero-order valence-corrected chi connectivity index (χ0v) is 19.4. The summed E-state index contributed by atoms with van der Waals surface area (Å²) < 4.78 is 39.9. The van der Waals surface area contributed by atoms with Crippen LogP contribution < -0.4 is 10.2 Å². The van der Waals surface area contributed by atoms with E-state index in [0.29, 0.717) is 23.9 Å². The van der Waals surface area contributed by atoms with Gasteiger partial charge in [0.2, 0.25) is 0 Å². The smallest absolute Gasteiger partial charge is 0.310 e. The molecule has 0 unspecified atom stereocenters. The van der Waals surface area contributed by atoms with Crippen LogP contribution in [0.4, 0.5) is 18.9 Å². The van der Waals surface area contributed by atoms with Crippen molar-refractivity contribution in [1.29, 1.82) is 0 Å². The van der Waals surface area contributed by atoms with Gasteiger partial charge in [-0.15, -0.1) is 0 Å². The van der Waals surface area contributed by atoms with Gasteiger partial charge in [-0.1, -0.05) is 60.1 Å². The van der Waals surface area contributed by atoms with E-state index in [0.717, 1.165) is 28.1 Å². The summed E-state index contributed by atoms with van der Waals surface area (Å²) in [6.07, 6.45) is -1.48. The molecule has 3 aromatic rings. The zero-order valence-electron chi connectivity index (χ0n) is 18.6. The number of hydrogen-bond donors (Lipinski definition) is 1. The van der Waals surface area contributed by atoms with Crippen LogP contribution in [0.1, 0.15) is 30.4 Å². The third kappa shape index (κ3) is 6.61. The van der Waals surface area contributed by atoms with Gasteiger partial charge >= 0.3 is 12.1 Å². The molecule has 1 fully saturated rings. The molecular weight excluding hydrogens is 461 g/mol. The van der Waals surface area contributed by atoms with Gasteiger partial charge in [0.15, 0.2) is 0 Å². The summed E-state index contributed by atoms with van der Waals surface area (Å²) in [5.41, 5.74) is 4.16. The molecule has 1 amide bonds. The predicted octanol–water partition coefficient (Wildman–Crippen LogP) is 6.79. The van der Waals surface area contributed by atoms with E-state index in [1.165, 1.54) is 18.4 Å². The number of benzene rings is 3. The van der Waals surface area contributed by atoms with Crippen LogP contribution in [0.3, 0.4) is 0 Å². The van der Waals surface area contributed by atoms with Gasteiger partial charge in [-0.25, -0.2) is 0 Å². The highest BCUT2D eigenvalue weighted by atomic mass is 35.5. The molecule has 0 saturated heterocycles. The van der Waals surface area contributed by atoms with E-state index < -0.39 is 12.1 Å². The van der Waals surface area contributed by atoms with Gasteiger partial charge in [0.25, 0.3) is 0 Å². The molecule has 1 aliphatic carbocycles. The van der Waals surface area contributed by atoms with E-state index in [1.807, 2.05) is 36.4 Å². The molecule has 0 spiro atoms. The monoisotopic (exact) mass is 486 g/mol. The van der Waals surface area contributed by atoms with Crippen LogP contribution in [0.15, 0.2) is 72.8 Å². The van der Waals surface area contributed by atoms with Crippen molar-refractivity contribution in [2.45, 2.75) is 44.4 Å². The summed E-state index contributed by atoms with van der Waals surface area (Å²) in [7, 11) is 0. The molecule has 4 rings (SSSR count). The van der Waals surface area contributed by atoms with Gasteiger partial charge in [0, 0.05) is 29.8 Å². The van der Waals surface area contributed by atoms with Gasteiger partial charge < -0.3 is 10.2 Å². The topological polar surface area (TPSA) is 32.3 Å². The molecule has 0 aromatic heterocycles. The van der Waals surface area contributed by atoms with Gasteiger partial charge in [0.05, 0.1) is 0 Å². The van der Waals surface area contributed by atoms with Crippen LogP contribution in [-0.2, 0) is 17.8 Å². The minimum atomic E-state index is -4.94. The first kappa shape index (κ1) is 24.3. The van der Waals surface area contributed by atoms with Crippen molar-refractivity contribution in [3.8, 4) is 11.1 Å². The van der Waals surface area contributed by atoms with E-state index in [4.69, 9.17) is 11.6 Å². The van der Waals surface area contributed by atoms with Crippen LogP contribution in [0, 0.1) is 0 Å². The quantitative estimate of drug-likeness (QED) is 0.361. The lowest BCUT2D eigenvalue weighted by molar-refractivity contribution is -0.170. The van der Waals surface area contributed by atoms with E-state index in [1.54, 1.807) is 36.4 Å². The predicted molar refractivity (Wildman–Crippen MR) is 130 cm³/mol. The number of rotatable bonds is 9. The van der Waals surface area contributed by atoms with Gasteiger partial charge in [-0.2, -0.15) is 13.2 Å². The Balaban J connectivity index is 1.40. The van der Waals surface area contributed by atoms with Crippen LogP contribution in [0.5, 0.6) is 0 Å². The number of carbonyl (C=O) groups is 1. The van der Waals surface area contributed by atoms with Gasteiger partial charge in [0.1, 0.15) is 0 Å². The molecule has 0 radical (unpaired) electrons. The highest BCUT2D eigenvalue weighted by molar-refractivity contribution is 6.30. The molecule has 1 saturated carbocycles. The van der Waals surface area contributed by atoms with Crippen molar-refractivity contribution >= 4 is 23.2 Å². The molecule has 0 aliphatic heterocycles. The summed E-state index contributed by atoms with van der Waals surface area (Å²) in [6, 6.07) is 22.4. The van der Waals surface area contributed by atoms with Gasteiger partial charge in [-0.3, -0.25) is 4.79 Å². The first-order valence-corrected chi connectivity index (χ1v) is 11.7. The maximum absolute atomic E-state index is 13.3. The zero-order chi connectivity index (χ0) is 24.1. The van der Waals surface area contributed by atoms with Gasteiger partial charge in [-0.05, 0) is 72.2 Å². The second-order valence-corrected chi connectivity index (χ2v) is 9.02. The molecule has 34 heavy (non-hydrogen) atoms. The number of amides is 1. The second kappa shape index (κ2) is 10.6. The molecule has 0 bridgehead atoms. The van der Waals surface area contributed by atoms with Crippen molar-refractivity contribution < 1.29 is 18.0 Å². The Morgan fingerprint density at radius 2 is 1.44 bits per heavy atom. The molecule has 7 heteroatoms. The van der Waals surface area contributed by atoms with E-state index in [2.05, 4.69) is 5.32 Å². The average molecular weight is 487 g/mol. The Morgan fingerprint density at radius 3 is 2.00 bits per heavy atom. The number of nitrogens with zero attached hydrogens (tertiary/aromatic N) is 1. The van der Waals surface area contributed by atoms with Crippen LogP contribution in [0.2, 0.25) is 5.02 Å². The number of hydrogen-bond acceptors (Lipinski definition) is 2. The fourth-order valence-electron chi connectivity index (χ4n) is 3.79. The van der Waals surface area contributed by atoms with Crippen molar-refractivity contribution in [2.75, 3.05) is 11.4 Å². The first-order valence-electron chi connectivity index (χ1n) is 11.4. The standard InChI is InChI=1S/C27H26ClF3N2O/c28-23-11-7-21(8-12-23)22-9-15-25(16-10-22)33(26(34)27(29,30)31)17-1-2-19-3-5-20(6-4-19)18-32-24-13-14-24/h3-12,15-16,24,32H,1-2,13-14,17-18H2. The first-order chi connectivity index (χ1) is 16.3. The SMILES string of the molecule is O=C(N(CCCc1ccc(CNC2CC2)cc1)c1ccc(-c2ccc(Cl)cc2)cc1)C(F)(F)F. The van der Waals surface area contributed by atoms with Crippen molar-refractivity contribution in [3.63, 3.8) is 0 Å².